The van der Waals surface area contributed by atoms with Gasteiger partial charge in [0.05, 0.1) is 13.0 Å². The molecule has 1 unspecified atom stereocenters. The van der Waals surface area contributed by atoms with Crippen LogP contribution in [0.25, 0.3) is 0 Å². The highest BCUT2D eigenvalue weighted by Gasteiger charge is 2.28. The number of ether oxygens (including phenoxy) is 1. The Hall–Kier alpha value is -1.49. The first-order valence-corrected chi connectivity index (χ1v) is 10.2. The fourth-order valence-corrected chi connectivity index (χ4v) is 5.60. The van der Waals surface area contributed by atoms with Crippen LogP contribution in [0.4, 0.5) is 0 Å². The van der Waals surface area contributed by atoms with Crippen LogP contribution in [0.5, 0.6) is 0 Å². The molecule has 10 heteroatoms. The Morgan fingerprint density at radius 1 is 1.32 bits per heavy atom. The lowest BCUT2D eigenvalue weighted by atomic mass is 10.2. The zero-order valence-electron chi connectivity index (χ0n) is 13.9. The minimum absolute atomic E-state index is 0.0757. The van der Waals surface area contributed by atoms with Crippen LogP contribution in [-0.4, -0.2) is 62.6 Å². The molecule has 0 bridgehead atoms. The molecular weight excluding hydrogens is 368 g/mol. The number of nitrogens with one attached hydrogen (secondary N) is 1. The number of hydrogen-bond acceptors (Lipinski definition) is 6. The van der Waals surface area contributed by atoms with Crippen LogP contribution in [-0.2, 0) is 30.8 Å². The molecule has 1 aromatic heterocycles. The summed E-state index contributed by atoms with van der Waals surface area (Å²) in [4.78, 5) is 23.6. The standard InChI is InChI=1S/C15H22N2O6S2/c1-23-10-12(15(19)20)16-13(18)9-11-5-6-14(24-11)25(21,22)17-7-3-2-4-8-17/h5-6,12H,2-4,7-10H2,1H3,(H,16,18)(H,19,20). The molecule has 1 aromatic rings. The van der Waals surface area contributed by atoms with E-state index in [0.717, 1.165) is 30.6 Å². The lowest BCUT2D eigenvalue weighted by Gasteiger charge is -2.25. The van der Waals surface area contributed by atoms with Crippen LogP contribution in [0.15, 0.2) is 16.3 Å². The molecule has 140 valence electrons. The van der Waals surface area contributed by atoms with Crippen molar-refractivity contribution in [1.82, 2.24) is 9.62 Å². The molecule has 2 heterocycles. The number of carbonyl (C=O) groups is 2. The molecule has 0 spiro atoms. The van der Waals surface area contributed by atoms with Crippen molar-refractivity contribution in [3.63, 3.8) is 0 Å². The van der Waals surface area contributed by atoms with Gasteiger partial charge in [0.1, 0.15) is 4.21 Å². The monoisotopic (exact) mass is 390 g/mol. The molecule has 0 saturated carbocycles. The SMILES string of the molecule is COCC(NC(=O)Cc1ccc(S(=O)(=O)N2CCCCC2)s1)C(=O)O. The Balaban J connectivity index is 2.00. The molecule has 0 radical (unpaired) electrons. The molecule has 0 aliphatic carbocycles. The van der Waals surface area contributed by atoms with Gasteiger partial charge < -0.3 is 15.2 Å². The number of carboxylic acid groups (broad SMARTS) is 1. The molecule has 8 nitrogen and oxygen atoms in total. The fourth-order valence-electron chi connectivity index (χ4n) is 2.57. The molecule has 2 N–H and O–H groups in total. The van der Waals surface area contributed by atoms with E-state index in [9.17, 15) is 18.0 Å². The van der Waals surface area contributed by atoms with Crippen LogP contribution in [0.1, 0.15) is 24.1 Å². The van der Waals surface area contributed by atoms with E-state index in [-0.39, 0.29) is 17.2 Å². The highest BCUT2D eigenvalue weighted by atomic mass is 32.2. The Morgan fingerprint density at radius 2 is 2.00 bits per heavy atom. The van der Waals surface area contributed by atoms with Gasteiger partial charge in [0, 0.05) is 25.1 Å². The number of thiophene rings is 1. The summed E-state index contributed by atoms with van der Waals surface area (Å²) >= 11 is 1.04. The average Bonchev–Trinajstić information content (AvgIpc) is 3.04. The van der Waals surface area contributed by atoms with Crippen molar-refractivity contribution < 1.29 is 27.9 Å². The number of piperidine rings is 1. The second-order valence-electron chi connectivity index (χ2n) is 5.78. The van der Waals surface area contributed by atoms with Gasteiger partial charge in [-0.25, -0.2) is 13.2 Å². The van der Waals surface area contributed by atoms with Crippen LogP contribution in [0.2, 0.25) is 0 Å². The zero-order valence-corrected chi connectivity index (χ0v) is 15.6. The van der Waals surface area contributed by atoms with E-state index in [0.29, 0.717) is 18.0 Å². The molecule has 1 aliphatic heterocycles. The average molecular weight is 390 g/mol. The number of carbonyl (C=O) groups excluding carboxylic acids is 1. The van der Waals surface area contributed by atoms with E-state index in [2.05, 4.69) is 5.32 Å². The molecule has 1 aliphatic rings. The smallest absolute Gasteiger partial charge is 0.328 e. The molecule has 1 fully saturated rings. The Morgan fingerprint density at radius 3 is 2.60 bits per heavy atom. The third-order valence-electron chi connectivity index (χ3n) is 3.85. The normalized spacial score (nSPS) is 17.2. The summed E-state index contributed by atoms with van der Waals surface area (Å²) in [5.41, 5.74) is 0. The number of hydrogen-bond donors (Lipinski definition) is 2. The van der Waals surface area contributed by atoms with E-state index >= 15 is 0 Å². The number of sulfonamides is 1. The highest BCUT2D eigenvalue weighted by molar-refractivity contribution is 7.91. The number of carboxylic acids is 1. The first-order valence-electron chi connectivity index (χ1n) is 7.94. The van der Waals surface area contributed by atoms with Crippen molar-refractivity contribution in [2.75, 3.05) is 26.8 Å². The summed E-state index contributed by atoms with van der Waals surface area (Å²) in [5.74, 6) is -1.68. The van der Waals surface area contributed by atoms with Crippen molar-refractivity contribution in [2.45, 2.75) is 35.9 Å². The topological polar surface area (TPSA) is 113 Å². The minimum Gasteiger partial charge on any atom is -0.480 e. The number of aliphatic carboxylic acids is 1. The maximum absolute atomic E-state index is 12.6. The molecule has 1 saturated heterocycles. The maximum atomic E-state index is 12.6. The quantitative estimate of drug-likeness (QED) is 0.675. The molecular formula is C15H22N2O6S2. The summed E-state index contributed by atoms with van der Waals surface area (Å²) in [5, 5.41) is 11.4. The zero-order chi connectivity index (χ0) is 18.4. The summed E-state index contributed by atoms with van der Waals surface area (Å²) in [6.45, 7) is 0.904. The minimum atomic E-state index is -3.52. The van der Waals surface area contributed by atoms with Crippen LogP contribution >= 0.6 is 11.3 Å². The number of nitrogens with zero attached hydrogens (tertiary/aromatic N) is 1. The van der Waals surface area contributed by atoms with Crippen molar-refractivity contribution >= 4 is 33.2 Å². The molecule has 1 amide bonds. The van der Waals surface area contributed by atoms with Gasteiger partial charge in [0.15, 0.2) is 6.04 Å². The number of methoxy groups -OCH3 is 1. The first kappa shape index (κ1) is 19.8. The van der Waals surface area contributed by atoms with E-state index in [4.69, 9.17) is 9.84 Å². The van der Waals surface area contributed by atoms with Crippen LogP contribution in [0.3, 0.4) is 0 Å². The lowest BCUT2D eigenvalue weighted by Crippen LogP contribution is -2.44. The van der Waals surface area contributed by atoms with Gasteiger partial charge in [-0.15, -0.1) is 11.3 Å². The van der Waals surface area contributed by atoms with E-state index in [1.165, 1.54) is 17.5 Å². The highest BCUT2D eigenvalue weighted by Crippen LogP contribution is 2.27. The molecule has 25 heavy (non-hydrogen) atoms. The van der Waals surface area contributed by atoms with E-state index in [1.54, 1.807) is 6.07 Å². The van der Waals surface area contributed by atoms with Crippen molar-refractivity contribution in [3.05, 3.63) is 17.0 Å². The number of rotatable bonds is 8. The van der Waals surface area contributed by atoms with Crippen LogP contribution in [0, 0.1) is 0 Å². The Bertz CT molecular complexity index is 709. The van der Waals surface area contributed by atoms with Gasteiger partial charge in [0.2, 0.25) is 5.91 Å². The summed E-state index contributed by atoms with van der Waals surface area (Å²) in [7, 11) is -2.17. The molecule has 0 aromatic carbocycles. The fraction of sp³-hybridized carbons (Fsp3) is 0.600. The van der Waals surface area contributed by atoms with E-state index < -0.39 is 27.9 Å². The second kappa shape index (κ2) is 8.75. The van der Waals surface area contributed by atoms with Gasteiger partial charge in [-0.2, -0.15) is 4.31 Å². The van der Waals surface area contributed by atoms with Crippen molar-refractivity contribution in [3.8, 4) is 0 Å². The third-order valence-corrected chi connectivity index (χ3v) is 7.30. The maximum Gasteiger partial charge on any atom is 0.328 e. The van der Waals surface area contributed by atoms with Gasteiger partial charge in [-0.1, -0.05) is 6.42 Å². The summed E-state index contributed by atoms with van der Waals surface area (Å²) < 4.78 is 31.6. The van der Waals surface area contributed by atoms with Crippen molar-refractivity contribution in [1.29, 1.82) is 0 Å². The summed E-state index contributed by atoms with van der Waals surface area (Å²) in [6, 6.07) is 1.96. The number of amides is 1. The van der Waals surface area contributed by atoms with Gasteiger partial charge in [-0.3, -0.25) is 4.79 Å². The largest absolute Gasteiger partial charge is 0.480 e. The summed E-state index contributed by atoms with van der Waals surface area (Å²) in [6.07, 6.45) is 2.67. The Labute approximate surface area is 150 Å². The Kier molecular flexibility index (Phi) is 6.94. The van der Waals surface area contributed by atoms with Crippen molar-refractivity contribution in [2.24, 2.45) is 0 Å². The molecule has 1 atom stereocenters. The van der Waals surface area contributed by atoms with Crippen LogP contribution < -0.4 is 5.32 Å². The predicted octanol–water partition coefficient (Wildman–Crippen LogP) is 0.681. The van der Waals surface area contributed by atoms with E-state index in [1.807, 2.05) is 0 Å². The molecule has 2 rings (SSSR count). The van der Waals surface area contributed by atoms with Gasteiger partial charge in [-0.05, 0) is 25.0 Å². The predicted molar refractivity (Wildman–Crippen MR) is 92.1 cm³/mol. The van der Waals surface area contributed by atoms with Gasteiger partial charge in [0.25, 0.3) is 10.0 Å². The second-order valence-corrected chi connectivity index (χ2v) is 9.11. The van der Waals surface area contributed by atoms with Gasteiger partial charge >= 0.3 is 5.97 Å². The lowest BCUT2D eigenvalue weighted by molar-refractivity contribution is -0.143. The third kappa shape index (κ3) is 5.24. The first-order chi connectivity index (χ1) is 11.8.